The maximum Gasteiger partial charge on any atom is 0.416 e. The molecule has 0 radical (unpaired) electrons. The number of rotatable bonds is 5. The maximum atomic E-state index is 13.2. The standard InChI is InChI=1S/C26H19F3N6O/c1-15-7-8-16(12-21(15)26(27,28)29)25(36)35-18-5-2-4-17(13-18)34-24-19(6-3-10-30-24)22-20-9-11-31-23(20)33-14-32-22/h2-14H,1H3,(H,30,34)(H,35,36)(H,31,32,33). The van der Waals surface area contributed by atoms with Gasteiger partial charge in [0.25, 0.3) is 5.91 Å². The van der Waals surface area contributed by atoms with Crippen molar-refractivity contribution in [1.29, 1.82) is 0 Å². The topological polar surface area (TPSA) is 95.6 Å². The number of H-pyrrole nitrogens is 1. The molecule has 0 fully saturated rings. The van der Waals surface area contributed by atoms with Gasteiger partial charge in [-0.1, -0.05) is 12.1 Å². The molecule has 1 amide bonds. The first-order valence-electron chi connectivity index (χ1n) is 10.9. The van der Waals surface area contributed by atoms with E-state index in [1.54, 1.807) is 42.7 Å². The summed E-state index contributed by atoms with van der Waals surface area (Å²) in [5.74, 6) is -0.109. The first-order chi connectivity index (χ1) is 17.3. The number of carbonyl (C=O) groups excluding carboxylic acids is 1. The van der Waals surface area contributed by atoms with Crippen molar-refractivity contribution < 1.29 is 18.0 Å². The van der Waals surface area contributed by atoms with Crippen LogP contribution in [0.5, 0.6) is 0 Å². The van der Waals surface area contributed by atoms with Gasteiger partial charge in [0.05, 0.1) is 11.3 Å². The highest BCUT2D eigenvalue weighted by molar-refractivity contribution is 6.04. The molecule has 0 spiro atoms. The molecule has 0 saturated carbocycles. The predicted octanol–water partition coefficient (Wildman–Crippen LogP) is 6.34. The monoisotopic (exact) mass is 488 g/mol. The minimum absolute atomic E-state index is 0.0528. The third-order valence-corrected chi connectivity index (χ3v) is 5.61. The lowest BCUT2D eigenvalue weighted by atomic mass is 10.0. The minimum Gasteiger partial charge on any atom is -0.346 e. The number of benzene rings is 2. The fraction of sp³-hybridized carbons (Fsp3) is 0.0769. The van der Waals surface area contributed by atoms with Crippen LogP contribution in [0.4, 0.5) is 30.4 Å². The SMILES string of the molecule is Cc1ccc(C(=O)Nc2cccc(Nc3ncccc3-c3ncnc4[nH]ccc34)c2)cc1C(F)(F)F. The first-order valence-corrected chi connectivity index (χ1v) is 10.9. The highest BCUT2D eigenvalue weighted by Crippen LogP contribution is 2.33. The summed E-state index contributed by atoms with van der Waals surface area (Å²) in [5.41, 5.74) is 2.30. The Morgan fingerprint density at radius 1 is 0.944 bits per heavy atom. The number of nitrogens with zero attached hydrogens (tertiary/aromatic N) is 3. The van der Waals surface area contributed by atoms with E-state index in [4.69, 9.17) is 0 Å². The Bertz CT molecular complexity index is 1580. The van der Waals surface area contributed by atoms with Crippen LogP contribution in [0.3, 0.4) is 0 Å². The smallest absolute Gasteiger partial charge is 0.346 e. The highest BCUT2D eigenvalue weighted by Gasteiger charge is 2.33. The number of nitrogens with one attached hydrogen (secondary N) is 3. The van der Waals surface area contributed by atoms with Crippen LogP contribution in [0.25, 0.3) is 22.3 Å². The van der Waals surface area contributed by atoms with Crippen LogP contribution in [0, 0.1) is 6.92 Å². The van der Waals surface area contributed by atoms with Gasteiger partial charge in [0.15, 0.2) is 0 Å². The number of anilines is 3. The molecule has 0 bridgehead atoms. The molecule has 3 N–H and O–H groups in total. The Morgan fingerprint density at radius 3 is 2.61 bits per heavy atom. The van der Waals surface area contributed by atoms with E-state index in [0.29, 0.717) is 28.5 Å². The van der Waals surface area contributed by atoms with Crippen LogP contribution in [0.2, 0.25) is 0 Å². The molecule has 36 heavy (non-hydrogen) atoms. The summed E-state index contributed by atoms with van der Waals surface area (Å²) in [6, 6.07) is 15.9. The molecule has 7 nitrogen and oxygen atoms in total. The Kier molecular flexibility index (Phi) is 5.85. The molecule has 2 aromatic carbocycles. The predicted molar refractivity (Wildman–Crippen MR) is 131 cm³/mol. The van der Waals surface area contributed by atoms with Crippen LogP contribution >= 0.6 is 0 Å². The zero-order valence-electron chi connectivity index (χ0n) is 18.9. The fourth-order valence-corrected chi connectivity index (χ4v) is 3.87. The van der Waals surface area contributed by atoms with Crippen molar-refractivity contribution in [3.63, 3.8) is 0 Å². The molecule has 0 saturated heterocycles. The molecule has 0 aliphatic carbocycles. The number of halogens is 3. The second-order valence-electron chi connectivity index (χ2n) is 8.05. The van der Waals surface area contributed by atoms with E-state index < -0.39 is 17.6 Å². The number of hydrogen-bond donors (Lipinski definition) is 3. The van der Waals surface area contributed by atoms with Gasteiger partial charge in [0.1, 0.15) is 17.8 Å². The van der Waals surface area contributed by atoms with Crippen LogP contribution in [-0.2, 0) is 6.18 Å². The Balaban J connectivity index is 1.40. The largest absolute Gasteiger partial charge is 0.416 e. The quantitative estimate of drug-likeness (QED) is 0.268. The summed E-state index contributed by atoms with van der Waals surface area (Å²) in [7, 11) is 0. The molecule has 3 aromatic heterocycles. The van der Waals surface area contributed by atoms with Gasteiger partial charge in [-0.05, 0) is 61.0 Å². The van der Waals surface area contributed by atoms with E-state index >= 15 is 0 Å². The molecule has 0 atom stereocenters. The van der Waals surface area contributed by atoms with Crippen LogP contribution in [0.1, 0.15) is 21.5 Å². The van der Waals surface area contributed by atoms with Gasteiger partial charge in [-0.25, -0.2) is 15.0 Å². The summed E-state index contributed by atoms with van der Waals surface area (Å²) in [6.07, 6.45) is 0.351. The van der Waals surface area contributed by atoms with Crippen LogP contribution in [-0.4, -0.2) is 25.8 Å². The third-order valence-electron chi connectivity index (χ3n) is 5.61. The second kappa shape index (κ2) is 9.14. The van der Waals surface area contributed by atoms with Gasteiger partial charge in [-0.15, -0.1) is 0 Å². The van der Waals surface area contributed by atoms with E-state index in [-0.39, 0.29) is 11.1 Å². The van der Waals surface area contributed by atoms with E-state index in [1.807, 2.05) is 12.1 Å². The second-order valence-corrected chi connectivity index (χ2v) is 8.05. The van der Waals surface area contributed by atoms with Gasteiger partial charge >= 0.3 is 6.18 Å². The number of pyridine rings is 1. The summed E-state index contributed by atoms with van der Waals surface area (Å²) < 4.78 is 39.7. The molecule has 0 aliphatic rings. The minimum atomic E-state index is -4.54. The lowest BCUT2D eigenvalue weighted by Crippen LogP contribution is -2.15. The zero-order valence-corrected chi connectivity index (χ0v) is 18.9. The number of alkyl halides is 3. The Hall–Kier alpha value is -4.73. The van der Waals surface area contributed by atoms with E-state index in [1.165, 1.54) is 25.4 Å². The van der Waals surface area contributed by atoms with Crippen molar-refractivity contribution in [2.75, 3.05) is 10.6 Å². The molecular weight excluding hydrogens is 469 g/mol. The molecule has 180 valence electrons. The average Bonchev–Trinajstić information content (AvgIpc) is 3.33. The van der Waals surface area contributed by atoms with Crippen molar-refractivity contribution in [3.05, 3.63) is 96.1 Å². The Labute approximate surface area is 203 Å². The number of aromatic nitrogens is 4. The molecular formula is C26H19F3N6O. The normalized spacial score (nSPS) is 11.4. The maximum absolute atomic E-state index is 13.2. The van der Waals surface area contributed by atoms with Crippen molar-refractivity contribution in [2.24, 2.45) is 0 Å². The van der Waals surface area contributed by atoms with Crippen LogP contribution in [0.15, 0.2) is 79.4 Å². The summed E-state index contributed by atoms with van der Waals surface area (Å²) >= 11 is 0. The highest BCUT2D eigenvalue weighted by atomic mass is 19.4. The van der Waals surface area contributed by atoms with E-state index in [0.717, 1.165) is 17.0 Å². The number of aromatic amines is 1. The lowest BCUT2D eigenvalue weighted by Gasteiger charge is -2.14. The van der Waals surface area contributed by atoms with Crippen molar-refractivity contribution in [2.45, 2.75) is 13.1 Å². The van der Waals surface area contributed by atoms with Gasteiger partial charge < -0.3 is 15.6 Å². The van der Waals surface area contributed by atoms with Gasteiger partial charge in [-0.3, -0.25) is 4.79 Å². The van der Waals surface area contributed by atoms with Crippen molar-refractivity contribution in [1.82, 2.24) is 19.9 Å². The Morgan fingerprint density at radius 2 is 1.78 bits per heavy atom. The lowest BCUT2D eigenvalue weighted by molar-refractivity contribution is -0.138. The van der Waals surface area contributed by atoms with Gasteiger partial charge in [0, 0.05) is 40.3 Å². The number of fused-ring (bicyclic) bond motifs is 1. The summed E-state index contributed by atoms with van der Waals surface area (Å²) in [6.45, 7) is 1.36. The summed E-state index contributed by atoms with van der Waals surface area (Å²) in [4.78, 5) is 28.8. The number of hydrogen-bond acceptors (Lipinski definition) is 5. The van der Waals surface area contributed by atoms with Gasteiger partial charge in [0.2, 0.25) is 0 Å². The summed E-state index contributed by atoms with van der Waals surface area (Å²) in [5, 5.41) is 6.73. The molecule has 0 unspecified atom stereocenters. The van der Waals surface area contributed by atoms with E-state index in [2.05, 4.69) is 30.6 Å². The molecule has 5 rings (SSSR count). The third kappa shape index (κ3) is 4.61. The van der Waals surface area contributed by atoms with Crippen molar-refractivity contribution in [3.8, 4) is 11.3 Å². The number of amides is 1. The zero-order chi connectivity index (χ0) is 25.3. The fourth-order valence-electron chi connectivity index (χ4n) is 3.87. The first kappa shape index (κ1) is 23.0. The molecule has 0 aliphatic heterocycles. The van der Waals surface area contributed by atoms with Gasteiger partial charge in [-0.2, -0.15) is 13.2 Å². The van der Waals surface area contributed by atoms with Crippen LogP contribution < -0.4 is 10.6 Å². The number of carbonyl (C=O) groups is 1. The van der Waals surface area contributed by atoms with E-state index in [9.17, 15) is 18.0 Å². The molecule has 5 aromatic rings. The number of aryl methyl sites for hydroxylation is 1. The van der Waals surface area contributed by atoms with Crippen molar-refractivity contribution >= 4 is 34.1 Å². The molecule has 10 heteroatoms. The average molecular weight is 488 g/mol. The molecule has 3 heterocycles.